The Morgan fingerprint density at radius 2 is 1.30 bits per heavy atom. The van der Waals surface area contributed by atoms with Gasteiger partial charge < -0.3 is 4.57 Å². The molecular weight excluding hydrogens is 398 g/mol. The molecular formula is C32H23N. The monoisotopic (exact) mass is 421 g/mol. The van der Waals surface area contributed by atoms with Gasteiger partial charge >= 0.3 is 0 Å². The highest BCUT2D eigenvalue weighted by molar-refractivity contribution is 6.25. The van der Waals surface area contributed by atoms with Gasteiger partial charge in [-0.25, -0.2) is 0 Å². The molecule has 1 nitrogen and oxygen atoms in total. The molecule has 1 aliphatic rings. The van der Waals surface area contributed by atoms with E-state index in [1.807, 2.05) is 0 Å². The Kier molecular flexibility index (Phi) is 3.89. The van der Waals surface area contributed by atoms with Crippen LogP contribution in [-0.2, 0) is 6.42 Å². The van der Waals surface area contributed by atoms with Crippen molar-refractivity contribution < 1.29 is 0 Å². The summed E-state index contributed by atoms with van der Waals surface area (Å²) in [6.45, 7) is 2.22. The number of nitrogens with zero attached hydrogens (tertiary/aromatic N) is 1. The Hall–Kier alpha value is -4.10. The summed E-state index contributed by atoms with van der Waals surface area (Å²) >= 11 is 0. The molecule has 0 spiro atoms. The van der Waals surface area contributed by atoms with E-state index in [-0.39, 0.29) is 0 Å². The summed E-state index contributed by atoms with van der Waals surface area (Å²) in [5.41, 5.74) is 6.53. The number of aromatic nitrogens is 1. The zero-order valence-corrected chi connectivity index (χ0v) is 18.5. The van der Waals surface area contributed by atoms with Gasteiger partial charge in [-0.1, -0.05) is 91.0 Å². The zero-order chi connectivity index (χ0) is 21.9. The normalized spacial score (nSPS) is 13.2. The van der Waals surface area contributed by atoms with E-state index in [2.05, 4.69) is 121 Å². The highest BCUT2D eigenvalue weighted by atomic mass is 15.0. The Balaban J connectivity index is 1.63. The van der Waals surface area contributed by atoms with Crippen LogP contribution >= 0.6 is 0 Å². The predicted molar refractivity (Wildman–Crippen MR) is 142 cm³/mol. The number of allylic oxidation sites excluding steroid dienone is 3. The van der Waals surface area contributed by atoms with Crippen molar-refractivity contribution in [3.63, 3.8) is 0 Å². The molecule has 1 heteroatoms. The molecule has 33 heavy (non-hydrogen) atoms. The van der Waals surface area contributed by atoms with E-state index in [4.69, 9.17) is 0 Å². The van der Waals surface area contributed by atoms with Crippen molar-refractivity contribution in [2.75, 3.05) is 0 Å². The Morgan fingerprint density at radius 3 is 2.03 bits per heavy atom. The van der Waals surface area contributed by atoms with Crippen LogP contribution in [0.4, 0.5) is 0 Å². The summed E-state index contributed by atoms with van der Waals surface area (Å²) in [7, 11) is 0. The van der Waals surface area contributed by atoms with Crippen LogP contribution in [0.3, 0.4) is 0 Å². The fraction of sp³-hybridized carbons (Fsp3) is 0.0625. The fourth-order valence-corrected chi connectivity index (χ4v) is 5.72. The molecule has 7 rings (SSSR count). The Bertz CT molecular complexity index is 1760. The van der Waals surface area contributed by atoms with Crippen molar-refractivity contribution in [3.8, 4) is 5.69 Å². The van der Waals surface area contributed by atoms with Gasteiger partial charge in [-0.3, -0.25) is 0 Å². The van der Waals surface area contributed by atoms with Crippen LogP contribution in [0.5, 0.6) is 0 Å². The highest BCUT2D eigenvalue weighted by Crippen LogP contribution is 2.38. The second-order valence-electron chi connectivity index (χ2n) is 8.98. The van der Waals surface area contributed by atoms with Crippen LogP contribution in [0.15, 0.2) is 103 Å². The lowest BCUT2D eigenvalue weighted by Gasteiger charge is -2.15. The van der Waals surface area contributed by atoms with Crippen LogP contribution in [0.1, 0.15) is 16.8 Å². The van der Waals surface area contributed by atoms with E-state index < -0.39 is 0 Å². The molecule has 0 bridgehead atoms. The van der Waals surface area contributed by atoms with Crippen LogP contribution in [-0.4, -0.2) is 4.57 Å². The maximum atomic E-state index is 2.47. The maximum Gasteiger partial charge on any atom is 0.0540 e. The summed E-state index contributed by atoms with van der Waals surface area (Å²) < 4.78 is 2.47. The van der Waals surface area contributed by atoms with Gasteiger partial charge in [0.05, 0.1) is 5.52 Å². The van der Waals surface area contributed by atoms with Crippen LogP contribution < -0.4 is 0 Å². The third-order valence-electron chi connectivity index (χ3n) is 7.15. The summed E-state index contributed by atoms with van der Waals surface area (Å²) in [5.74, 6) is 0. The van der Waals surface area contributed by atoms with Crippen LogP contribution in [0.2, 0.25) is 0 Å². The third-order valence-corrected chi connectivity index (χ3v) is 7.15. The van der Waals surface area contributed by atoms with E-state index in [1.54, 1.807) is 0 Å². The number of rotatable bonds is 1. The second kappa shape index (κ2) is 6.95. The first-order valence-electron chi connectivity index (χ1n) is 11.6. The highest BCUT2D eigenvalue weighted by Gasteiger charge is 2.19. The van der Waals surface area contributed by atoms with Gasteiger partial charge in [-0.05, 0) is 63.0 Å². The number of benzene rings is 5. The molecule has 0 saturated carbocycles. The average Bonchev–Trinajstić information content (AvgIpc) is 2.99. The maximum absolute atomic E-state index is 2.47. The van der Waals surface area contributed by atoms with Crippen LogP contribution in [0.25, 0.3) is 55.0 Å². The minimum atomic E-state index is 0.924. The van der Waals surface area contributed by atoms with Gasteiger partial charge in [0.25, 0.3) is 0 Å². The standard InChI is InChI=1S/C32H23N/c1-21-10-9-17-31-32(21)28-15-3-2-4-16-30(28)33(31)22-18-19-27-25-13-6-5-11-23(25)24-12-7-8-14-26(24)29(27)20-22/h2-15,17-20H,16H2,1H3. The SMILES string of the molecule is Cc1cccc2c1c1c(n2-c2ccc3c4ccccc4c4ccccc4c3c2)CC=CC=C1. The van der Waals surface area contributed by atoms with E-state index in [1.165, 1.54) is 65.7 Å². The quantitative estimate of drug-likeness (QED) is 0.234. The number of aryl methyl sites for hydroxylation is 1. The number of hydrogen-bond acceptors (Lipinski definition) is 0. The van der Waals surface area contributed by atoms with Gasteiger partial charge in [-0.15, -0.1) is 0 Å². The lowest BCUT2D eigenvalue weighted by Crippen LogP contribution is -2.00. The van der Waals surface area contributed by atoms with Gasteiger partial charge in [0.2, 0.25) is 0 Å². The van der Waals surface area contributed by atoms with E-state index in [0.29, 0.717) is 0 Å². The lowest BCUT2D eigenvalue weighted by molar-refractivity contribution is 1.00. The lowest BCUT2D eigenvalue weighted by atomic mass is 9.94. The molecule has 6 aromatic rings. The Morgan fingerprint density at radius 1 is 0.636 bits per heavy atom. The molecule has 0 atom stereocenters. The number of fused-ring (bicyclic) bond motifs is 9. The average molecular weight is 422 g/mol. The van der Waals surface area contributed by atoms with Crippen molar-refractivity contribution >= 4 is 49.3 Å². The van der Waals surface area contributed by atoms with Gasteiger partial charge in [0.1, 0.15) is 0 Å². The first-order chi connectivity index (χ1) is 16.3. The fourth-order valence-electron chi connectivity index (χ4n) is 5.72. The van der Waals surface area contributed by atoms with Gasteiger partial charge in [0.15, 0.2) is 0 Å². The third kappa shape index (κ3) is 2.60. The molecule has 0 N–H and O–H groups in total. The van der Waals surface area contributed by atoms with Crippen molar-refractivity contribution in [2.45, 2.75) is 13.3 Å². The molecule has 0 amide bonds. The molecule has 156 valence electrons. The molecule has 0 aliphatic heterocycles. The molecule has 0 radical (unpaired) electrons. The molecule has 1 heterocycles. The van der Waals surface area contributed by atoms with Crippen molar-refractivity contribution in [2.24, 2.45) is 0 Å². The van der Waals surface area contributed by atoms with E-state index in [0.717, 1.165) is 6.42 Å². The molecule has 0 saturated heterocycles. The number of hydrogen-bond donors (Lipinski definition) is 0. The van der Waals surface area contributed by atoms with E-state index >= 15 is 0 Å². The molecule has 0 unspecified atom stereocenters. The van der Waals surface area contributed by atoms with Crippen molar-refractivity contribution in [3.05, 3.63) is 120 Å². The zero-order valence-electron chi connectivity index (χ0n) is 18.5. The summed E-state index contributed by atoms with van der Waals surface area (Å²) in [4.78, 5) is 0. The van der Waals surface area contributed by atoms with Crippen molar-refractivity contribution in [1.82, 2.24) is 4.57 Å². The van der Waals surface area contributed by atoms with Crippen LogP contribution in [0, 0.1) is 6.92 Å². The summed E-state index contributed by atoms with van der Waals surface area (Å²) in [6, 6.07) is 31.2. The van der Waals surface area contributed by atoms with Gasteiger partial charge in [-0.2, -0.15) is 0 Å². The Labute approximate surface area is 192 Å². The second-order valence-corrected chi connectivity index (χ2v) is 8.98. The van der Waals surface area contributed by atoms with Crippen molar-refractivity contribution in [1.29, 1.82) is 0 Å². The molecule has 1 aliphatic carbocycles. The van der Waals surface area contributed by atoms with Gasteiger partial charge in [0, 0.05) is 28.8 Å². The first-order valence-corrected chi connectivity index (χ1v) is 11.6. The minimum absolute atomic E-state index is 0.924. The molecule has 1 aromatic heterocycles. The smallest absolute Gasteiger partial charge is 0.0540 e. The largest absolute Gasteiger partial charge is 0.313 e. The van der Waals surface area contributed by atoms with E-state index in [9.17, 15) is 0 Å². The summed E-state index contributed by atoms with van der Waals surface area (Å²) in [5, 5.41) is 9.24. The molecule has 0 fully saturated rings. The first kappa shape index (κ1) is 18.5. The topological polar surface area (TPSA) is 4.93 Å². The predicted octanol–water partition coefficient (Wildman–Crippen LogP) is 8.52. The minimum Gasteiger partial charge on any atom is -0.313 e. The summed E-state index contributed by atoms with van der Waals surface area (Å²) in [6.07, 6.45) is 9.79. The molecule has 5 aromatic carbocycles.